The van der Waals surface area contributed by atoms with Crippen molar-refractivity contribution in [1.29, 1.82) is 0 Å². The van der Waals surface area contributed by atoms with Crippen LogP contribution in [0.15, 0.2) is 33.9 Å². The van der Waals surface area contributed by atoms with Gasteiger partial charge < -0.3 is 20.1 Å². The molecule has 1 aliphatic heterocycles. The van der Waals surface area contributed by atoms with Crippen molar-refractivity contribution in [1.82, 2.24) is 9.55 Å². The maximum absolute atomic E-state index is 12.8. The zero-order valence-corrected chi connectivity index (χ0v) is 15.2. The molecule has 1 aromatic carbocycles. The third kappa shape index (κ3) is 3.53. The molecule has 1 atom stereocenters. The van der Waals surface area contributed by atoms with E-state index in [4.69, 9.17) is 15.2 Å². The molecule has 0 aliphatic carbocycles. The minimum absolute atomic E-state index is 0.00741. The fraction of sp³-hybridized carbons (Fsp3) is 0.389. The molecule has 0 saturated carbocycles. The summed E-state index contributed by atoms with van der Waals surface area (Å²) in [4.78, 5) is 40.5. The van der Waals surface area contributed by atoms with E-state index >= 15 is 0 Å². The summed E-state index contributed by atoms with van der Waals surface area (Å²) < 4.78 is 12.5. The van der Waals surface area contributed by atoms with Gasteiger partial charge in [0.05, 0.1) is 0 Å². The Hall–Kier alpha value is -3.23. The molecule has 0 radical (unpaired) electrons. The molecule has 9 nitrogen and oxygen atoms in total. The summed E-state index contributed by atoms with van der Waals surface area (Å²) in [5.41, 5.74) is 4.64. The molecule has 2 aromatic rings. The van der Waals surface area contributed by atoms with Gasteiger partial charge in [-0.1, -0.05) is 25.5 Å². The van der Waals surface area contributed by atoms with Crippen LogP contribution in [0.25, 0.3) is 0 Å². The van der Waals surface area contributed by atoms with Gasteiger partial charge in [0.1, 0.15) is 12.4 Å². The molecule has 3 rings (SSSR count). The van der Waals surface area contributed by atoms with Crippen LogP contribution in [-0.2, 0) is 11.3 Å². The Morgan fingerprint density at radius 1 is 1.33 bits per heavy atom. The highest BCUT2D eigenvalue weighted by molar-refractivity contribution is 5.98. The van der Waals surface area contributed by atoms with Gasteiger partial charge in [-0.2, -0.15) is 0 Å². The van der Waals surface area contributed by atoms with Crippen molar-refractivity contribution in [3.05, 3.63) is 45.1 Å². The van der Waals surface area contributed by atoms with E-state index in [1.165, 1.54) is 11.6 Å². The number of fused-ring (bicyclic) bond motifs is 1. The predicted molar refractivity (Wildman–Crippen MR) is 100 cm³/mol. The highest BCUT2D eigenvalue weighted by atomic mass is 16.6. The molecule has 0 saturated heterocycles. The van der Waals surface area contributed by atoms with Gasteiger partial charge in [-0.25, -0.2) is 4.79 Å². The molecule has 0 unspecified atom stereocenters. The van der Waals surface area contributed by atoms with E-state index in [0.717, 1.165) is 11.3 Å². The van der Waals surface area contributed by atoms with E-state index in [2.05, 4.69) is 4.98 Å². The van der Waals surface area contributed by atoms with Gasteiger partial charge in [-0.3, -0.25) is 19.1 Å². The molecule has 0 bridgehead atoms. The molecule has 0 fully saturated rings. The Labute approximate surface area is 155 Å². The van der Waals surface area contributed by atoms with Crippen LogP contribution in [0.3, 0.4) is 0 Å². The van der Waals surface area contributed by atoms with E-state index in [1.807, 2.05) is 6.92 Å². The lowest BCUT2D eigenvalue weighted by atomic mass is 10.2. The lowest BCUT2D eigenvalue weighted by Crippen LogP contribution is -2.47. The van der Waals surface area contributed by atoms with Crippen LogP contribution in [0.5, 0.6) is 11.5 Å². The van der Waals surface area contributed by atoms with Crippen molar-refractivity contribution in [2.75, 3.05) is 24.3 Å². The summed E-state index contributed by atoms with van der Waals surface area (Å²) in [7, 11) is 1.42. The number of rotatable bonds is 5. The van der Waals surface area contributed by atoms with Crippen molar-refractivity contribution >= 4 is 17.4 Å². The summed E-state index contributed by atoms with van der Waals surface area (Å²) in [6.45, 7) is 2.33. The van der Waals surface area contributed by atoms with E-state index in [0.29, 0.717) is 24.5 Å². The van der Waals surface area contributed by atoms with E-state index < -0.39 is 23.3 Å². The van der Waals surface area contributed by atoms with Crippen LogP contribution < -0.4 is 31.4 Å². The summed E-state index contributed by atoms with van der Waals surface area (Å²) >= 11 is 0. The average molecular weight is 374 g/mol. The third-order valence-corrected chi connectivity index (χ3v) is 4.40. The molecular formula is C18H22N4O5. The molecule has 27 heavy (non-hydrogen) atoms. The number of nitrogens with one attached hydrogen (secondary N) is 1. The second kappa shape index (κ2) is 7.56. The standard InChI is InChI=1S/C18H22N4O5/c1-3-4-9-22-15(19)14(16(23)20-18(22)25)21(2)17(24)13-10-26-11-7-5-6-8-12(11)27-13/h5-8,13H,3-4,9-10,19H2,1-2H3,(H,20,23,25)/t13-/m1/s1. The summed E-state index contributed by atoms with van der Waals surface area (Å²) in [5, 5.41) is 0. The lowest BCUT2D eigenvalue weighted by Gasteiger charge is -2.29. The number of amides is 1. The number of unbranched alkanes of at least 4 members (excludes halogenated alkanes) is 1. The second-order valence-corrected chi connectivity index (χ2v) is 6.26. The molecule has 1 amide bonds. The Bertz CT molecular complexity index is 965. The number of nitrogen functional groups attached to an aromatic ring is 1. The molecule has 9 heteroatoms. The first-order chi connectivity index (χ1) is 12.9. The number of aromatic amines is 1. The summed E-state index contributed by atoms with van der Waals surface area (Å²) in [5.74, 6) is 0.451. The van der Waals surface area contributed by atoms with Crippen molar-refractivity contribution in [2.24, 2.45) is 0 Å². The first-order valence-electron chi connectivity index (χ1n) is 8.72. The van der Waals surface area contributed by atoms with Crippen molar-refractivity contribution in [2.45, 2.75) is 32.4 Å². The molecule has 2 heterocycles. The fourth-order valence-electron chi connectivity index (χ4n) is 2.91. The van der Waals surface area contributed by atoms with E-state index in [1.54, 1.807) is 24.3 Å². The Kier molecular flexibility index (Phi) is 5.20. The number of benzene rings is 1. The Morgan fingerprint density at radius 3 is 2.74 bits per heavy atom. The molecule has 0 spiro atoms. The number of carbonyl (C=O) groups excluding carboxylic acids is 1. The van der Waals surface area contributed by atoms with Crippen LogP contribution in [-0.4, -0.2) is 35.2 Å². The van der Waals surface area contributed by atoms with Crippen LogP contribution in [0.2, 0.25) is 0 Å². The van der Waals surface area contributed by atoms with Gasteiger partial charge >= 0.3 is 5.69 Å². The maximum Gasteiger partial charge on any atom is 0.330 e. The maximum atomic E-state index is 12.8. The Morgan fingerprint density at radius 2 is 2.04 bits per heavy atom. The van der Waals surface area contributed by atoms with Crippen molar-refractivity contribution in [3.63, 3.8) is 0 Å². The number of carbonyl (C=O) groups is 1. The smallest absolute Gasteiger partial charge is 0.330 e. The minimum atomic E-state index is -0.931. The zero-order valence-electron chi connectivity index (χ0n) is 15.2. The van der Waals surface area contributed by atoms with Gasteiger partial charge in [0.15, 0.2) is 17.2 Å². The first kappa shape index (κ1) is 18.6. The summed E-state index contributed by atoms with van der Waals surface area (Å²) in [6.07, 6.45) is 0.630. The quantitative estimate of drug-likeness (QED) is 0.796. The number of anilines is 2. The summed E-state index contributed by atoms with van der Waals surface area (Å²) in [6, 6.07) is 7.01. The number of H-pyrrole nitrogens is 1. The van der Waals surface area contributed by atoms with E-state index in [9.17, 15) is 14.4 Å². The zero-order chi connectivity index (χ0) is 19.6. The predicted octanol–water partition coefficient (Wildman–Crippen LogP) is 0.722. The van der Waals surface area contributed by atoms with E-state index in [-0.39, 0.29) is 18.1 Å². The van der Waals surface area contributed by atoms with Crippen molar-refractivity contribution in [3.8, 4) is 11.5 Å². The number of hydrogen-bond acceptors (Lipinski definition) is 6. The molecular weight excluding hydrogens is 352 g/mol. The normalized spacial score (nSPS) is 15.4. The molecule has 1 aliphatic rings. The van der Waals surface area contributed by atoms with Gasteiger partial charge in [0, 0.05) is 13.6 Å². The third-order valence-electron chi connectivity index (χ3n) is 4.40. The number of nitrogens with two attached hydrogens (primary N) is 1. The number of aromatic nitrogens is 2. The molecule has 3 N–H and O–H groups in total. The van der Waals surface area contributed by atoms with Crippen molar-refractivity contribution < 1.29 is 14.3 Å². The number of ether oxygens (including phenoxy) is 2. The monoisotopic (exact) mass is 374 g/mol. The highest BCUT2D eigenvalue weighted by Crippen LogP contribution is 2.31. The average Bonchev–Trinajstić information content (AvgIpc) is 2.66. The van der Waals surface area contributed by atoms with Gasteiger partial charge in [-0.05, 0) is 18.6 Å². The first-order valence-corrected chi connectivity index (χ1v) is 8.72. The molecule has 1 aromatic heterocycles. The second-order valence-electron chi connectivity index (χ2n) is 6.26. The van der Waals surface area contributed by atoms with Gasteiger partial charge in [-0.15, -0.1) is 0 Å². The number of hydrogen-bond donors (Lipinski definition) is 2. The van der Waals surface area contributed by atoms with Crippen LogP contribution >= 0.6 is 0 Å². The van der Waals surface area contributed by atoms with Crippen LogP contribution in [0.1, 0.15) is 19.8 Å². The lowest BCUT2D eigenvalue weighted by molar-refractivity contribution is -0.127. The topological polar surface area (TPSA) is 120 Å². The van der Waals surface area contributed by atoms with Crippen LogP contribution in [0.4, 0.5) is 11.5 Å². The number of likely N-dealkylation sites (N-methyl/N-ethyl adjacent to an activating group) is 1. The van der Waals surface area contributed by atoms with Crippen LogP contribution in [0, 0.1) is 0 Å². The largest absolute Gasteiger partial charge is 0.485 e. The SMILES string of the molecule is CCCCn1c(N)c(N(C)C(=O)[C@H]2COc3ccccc3O2)c(=O)[nH]c1=O. The minimum Gasteiger partial charge on any atom is -0.485 e. The van der Waals surface area contributed by atoms with Gasteiger partial charge in [0.25, 0.3) is 11.5 Å². The molecule has 144 valence electrons. The number of para-hydroxylation sites is 2. The highest BCUT2D eigenvalue weighted by Gasteiger charge is 2.32. The fourth-order valence-corrected chi connectivity index (χ4v) is 2.91. The van der Waals surface area contributed by atoms with Gasteiger partial charge in [0.2, 0.25) is 6.10 Å². The number of nitrogens with zero attached hydrogens (tertiary/aromatic N) is 2. The Balaban J connectivity index is 1.89.